The summed E-state index contributed by atoms with van der Waals surface area (Å²) in [6, 6.07) is 8.23. The van der Waals surface area contributed by atoms with Gasteiger partial charge >= 0.3 is 0 Å². The van der Waals surface area contributed by atoms with Crippen molar-refractivity contribution in [2.75, 3.05) is 20.2 Å². The molecule has 0 unspecified atom stereocenters. The first kappa shape index (κ1) is 19.1. The quantitative estimate of drug-likeness (QED) is 0.523. The lowest BCUT2D eigenvalue weighted by Crippen LogP contribution is -2.45. The molecule has 0 bridgehead atoms. The van der Waals surface area contributed by atoms with E-state index in [0.717, 1.165) is 24.2 Å². The van der Waals surface area contributed by atoms with E-state index < -0.39 is 0 Å². The number of hydrogen-bond donors (Lipinski definition) is 3. The lowest BCUT2D eigenvalue weighted by molar-refractivity contribution is -0.120. The van der Waals surface area contributed by atoms with Gasteiger partial charge in [-0.05, 0) is 25.8 Å². The first-order valence-corrected chi connectivity index (χ1v) is 9.17. The molecule has 0 spiro atoms. The van der Waals surface area contributed by atoms with Crippen LogP contribution in [0.15, 0.2) is 29.3 Å². The second kappa shape index (κ2) is 10.6. The average Bonchev–Trinajstić information content (AvgIpc) is 2.64. The molecule has 1 aromatic carbocycles. The first-order chi connectivity index (χ1) is 12.2. The highest BCUT2D eigenvalue weighted by Crippen LogP contribution is 2.18. The zero-order valence-electron chi connectivity index (χ0n) is 15.3. The summed E-state index contributed by atoms with van der Waals surface area (Å²) >= 11 is 0. The molecule has 0 radical (unpaired) electrons. The maximum atomic E-state index is 12.1. The van der Waals surface area contributed by atoms with E-state index in [-0.39, 0.29) is 12.5 Å². The lowest BCUT2D eigenvalue weighted by Gasteiger charge is -2.23. The standard InChI is InChI=1S/C19H30N4O2/c1-3-25-17-12-8-7-9-15(17)13-21-19(20-2)22-14-18(24)23-16-10-5-4-6-11-16/h7-9,12,16H,3-6,10-11,13-14H2,1-2H3,(H,23,24)(H2,20,21,22). The molecular weight excluding hydrogens is 316 g/mol. The minimum atomic E-state index is 0.0181. The third kappa shape index (κ3) is 6.64. The van der Waals surface area contributed by atoms with Crippen LogP contribution in [0.2, 0.25) is 0 Å². The number of aliphatic imine (C=N–C) groups is 1. The molecule has 1 aliphatic rings. The van der Waals surface area contributed by atoms with E-state index in [2.05, 4.69) is 20.9 Å². The zero-order valence-corrected chi connectivity index (χ0v) is 15.3. The van der Waals surface area contributed by atoms with Gasteiger partial charge in [-0.15, -0.1) is 0 Å². The van der Waals surface area contributed by atoms with E-state index >= 15 is 0 Å². The number of rotatable bonds is 7. The Bertz CT molecular complexity index is 568. The van der Waals surface area contributed by atoms with Crippen molar-refractivity contribution in [2.24, 2.45) is 4.99 Å². The van der Waals surface area contributed by atoms with Crippen LogP contribution >= 0.6 is 0 Å². The Kier molecular flexibility index (Phi) is 8.09. The number of guanidine groups is 1. The summed E-state index contributed by atoms with van der Waals surface area (Å²) in [5.74, 6) is 1.48. The Morgan fingerprint density at radius 2 is 1.96 bits per heavy atom. The number of hydrogen-bond acceptors (Lipinski definition) is 3. The molecule has 0 aromatic heterocycles. The zero-order chi connectivity index (χ0) is 17.9. The van der Waals surface area contributed by atoms with Gasteiger partial charge in [-0.1, -0.05) is 37.5 Å². The number of ether oxygens (including phenoxy) is 1. The summed E-state index contributed by atoms with van der Waals surface area (Å²) in [6.45, 7) is 3.41. The van der Waals surface area contributed by atoms with Crippen molar-refractivity contribution in [3.8, 4) is 5.75 Å². The van der Waals surface area contributed by atoms with Crippen molar-refractivity contribution in [2.45, 2.75) is 51.6 Å². The monoisotopic (exact) mass is 346 g/mol. The molecule has 3 N–H and O–H groups in total. The first-order valence-electron chi connectivity index (χ1n) is 9.17. The summed E-state index contributed by atoms with van der Waals surface area (Å²) < 4.78 is 5.62. The molecule has 6 heteroatoms. The smallest absolute Gasteiger partial charge is 0.239 e. The molecule has 1 saturated carbocycles. The van der Waals surface area contributed by atoms with Crippen molar-refractivity contribution >= 4 is 11.9 Å². The van der Waals surface area contributed by atoms with Crippen LogP contribution in [-0.2, 0) is 11.3 Å². The Labute approximate surface area is 150 Å². The molecule has 0 saturated heterocycles. The van der Waals surface area contributed by atoms with E-state index in [9.17, 15) is 4.79 Å². The Morgan fingerprint density at radius 1 is 1.20 bits per heavy atom. The van der Waals surface area contributed by atoms with Crippen LogP contribution < -0.4 is 20.7 Å². The molecule has 2 rings (SSSR count). The maximum absolute atomic E-state index is 12.1. The van der Waals surface area contributed by atoms with E-state index in [1.807, 2.05) is 31.2 Å². The second-order valence-corrected chi connectivity index (χ2v) is 6.22. The van der Waals surface area contributed by atoms with Crippen molar-refractivity contribution in [1.29, 1.82) is 0 Å². The fraction of sp³-hybridized carbons (Fsp3) is 0.579. The summed E-state index contributed by atoms with van der Waals surface area (Å²) in [4.78, 5) is 16.2. The van der Waals surface area contributed by atoms with Gasteiger partial charge in [-0.25, -0.2) is 0 Å². The van der Waals surface area contributed by atoms with Crippen LogP contribution in [0.4, 0.5) is 0 Å². The summed E-state index contributed by atoms with van der Waals surface area (Å²) in [5.41, 5.74) is 1.05. The van der Waals surface area contributed by atoms with Crippen molar-refractivity contribution in [3.63, 3.8) is 0 Å². The minimum absolute atomic E-state index is 0.0181. The SMILES string of the molecule is CCOc1ccccc1CNC(=NC)NCC(=O)NC1CCCCC1. The maximum Gasteiger partial charge on any atom is 0.239 e. The highest BCUT2D eigenvalue weighted by molar-refractivity contribution is 5.86. The number of para-hydroxylation sites is 1. The Morgan fingerprint density at radius 3 is 2.68 bits per heavy atom. The third-order valence-corrected chi connectivity index (χ3v) is 4.33. The van der Waals surface area contributed by atoms with Gasteiger partial charge in [0.05, 0.1) is 13.2 Å². The van der Waals surface area contributed by atoms with Crippen LogP contribution in [0.1, 0.15) is 44.6 Å². The van der Waals surface area contributed by atoms with Gasteiger partial charge in [0.2, 0.25) is 5.91 Å². The molecule has 1 aliphatic carbocycles. The molecule has 0 aliphatic heterocycles. The van der Waals surface area contributed by atoms with E-state index in [1.54, 1.807) is 7.05 Å². The normalized spacial score (nSPS) is 15.5. The summed E-state index contributed by atoms with van der Waals surface area (Å²) in [7, 11) is 1.70. The van der Waals surface area contributed by atoms with Crippen molar-refractivity contribution in [1.82, 2.24) is 16.0 Å². The van der Waals surface area contributed by atoms with Gasteiger partial charge in [0.1, 0.15) is 5.75 Å². The second-order valence-electron chi connectivity index (χ2n) is 6.22. The average molecular weight is 346 g/mol. The third-order valence-electron chi connectivity index (χ3n) is 4.33. The van der Waals surface area contributed by atoms with Crippen molar-refractivity contribution in [3.05, 3.63) is 29.8 Å². The molecule has 1 amide bonds. The number of amides is 1. The van der Waals surface area contributed by atoms with Crippen LogP contribution in [0.5, 0.6) is 5.75 Å². The van der Waals surface area contributed by atoms with Crippen LogP contribution in [0.25, 0.3) is 0 Å². The highest BCUT2D eigenvalue weighted by atomic mass is 16.5. The highest BCUT2D eigenvalue weighted by Gasteiger charge is 2.15. The van der Waals surface area contributed by atoms with Gasteiger partial charge in [0.25, 0.3) is 0 Å². The molecule has 138 valence electrons. The molecule has 6 nitrogen and oxygen atoms in total. The van der Waals surface area contributed by atoms with Gasteiger partial charge in [-0.2, -0.15) is 0 Å². The molecule has 0 heterocycles. The lowest BCUT2D eigenvalue weighted by atomic mass is 9.95. The Balaban J connectivity index is 1.76. The topological polar surface area (TPSA) is 74.8 Å². The minimum Gasteiger partial charge on any atom is -0.494 e. The van der Waals surface area contributed by atoms with Crippen LogP contribution in [0.3, 0.4) is 0 Å². The number of nitrogens with one attached hydrogen (secondary N) is 3. The molecule has 1 aromatic rings. The van der Waals surface area contributed by atoms with Gasteiger partial charge in [-0.3, -0.25) is 9.79 Å². The fourth-order valence-electron chi connectivity index (χ4n) is 3.04. The number of carbonyl (C=O) groups excluding carboxylic acids is 1. The van der Waals surface area contributed by atoms with Crippen molar-refractivity contribution < 1.29 is 9.53 Å². The summed E-state index contributed by atoms with van der Waals surface area (Å²) in [5, 5.41) is 9.38. The number of carbonyl (C=O) groups is 1. The van der Waals surface area contributed by atoms with E-state index in [1.165, 1.54) is 19.3 Å². The van der Waals surface area contributed by atoms with E-state index in [4.69, 9.17) is 4.74 Å². The van der Waals surface area contributed by atoms with Gasteiger partial charge < -0.3 is 20.7 Å². The van der Waals surface area contributed by atoms with Gasteiger partial charge in [0.15, 0.2) is 5.96 Å². The molecular formula is C19H30N4O2. The molecule has 25 heavy (non-hydrogen) atoms. The summed E-state index contributed by atoms with van der Waals surface area (Å²) in [6.07, 6.45) is 5.88. The van der Waals surface area contributed by atoms with E-state index in [0.29, 0.717) is 25.2 Å². The predicted octanol–water partition coefficient (Wildman–Crippen LogP) is 2.20. The van der Waals surface area contributed by atoms with Gasteiger partial charge in [0, 0.05) is 25.2 Å². The molecule has 1 fully saturated rings. The Hall–Kier alpha value is -2.24. The van der Waals surface area contributed by atoms with Crippen LogP contribution in [0, 0.1) is 0 Å². The van der Waals surface area contributed by atoms with Crippen LogP contribution in [-0.4, -0.2) is 38.1 Å². The number of nitrogens with zero attached hydrogens (tertiary/aromatic N) is 1. The number of benzene rings is 1. The predicted molar refractivity (Wildman–Crippen MR) is 101 cm³/mol. The fourth-order valence-corrected chi connectivity index (χ4v) is 3.04. The largest absolute Gasteiger partial charge is 0.494 e. The molecule has 0 atom stereocenters.